The Morgan fingerprint density at radius 1 is 1.38 bits per heavy atom. The molecule has 0 saturated heterocycles. The number of carbonyl (C=O) groups excluding carboxylic acids is 1. The number of hydrogen-bond acceptors (Lipinski definition) is 2. The van der Waals surface area contributed by atoms with Crippen LogP contribution >= 0.6 is 11.6 Å². The van der Waals surface area contributed by atoms with E-state index >= 15 is 0 Å². The van der Waals surface area contributed by atoms with E-state index in [9.17, 15) is 9.18 Å². The van der Waals surface area contributed by atoms with Crippen molar-refractivity contribution in [1.29, 1.82) is 0 Å². The summed E-state index contributed by atoms with van der Waals surface area (Å²) in [6.45, 7) is 0.226. The summed E-state index contributed by atoms with van der Waals surface area (Å²) in [6.07, 6.45) is 9.82. The molecule has 128 valence electrons. The fraction of sp³-hybridized carbons (Fsp3) is 0.444. The maximum absolute atomic E-state index is 13.8. The van der Waals surface area contributed by atoms with E-state index in [1.165, 1.54) is 31.7 Å². The van der Waals surface area contributed by atoms with Crippen molar-refractivity contribution in [3.05, 3.63) is 47.0 Å². The van der Waals surface area contributed by atoms with Gasteiger partial charge in [0.15, 0.2) is 0 Å². The lowest BCUT2D eigenvalue weighted by atomic mass is 10.0. The summed E-state index contributed by atoms with van der Waals surface area (Å²) < 4.78 is 15.4. The Morgan fingerprint density at radius 3 is 2.92 bits per heavy atom. The summed E-state index contributed by atoms with van der Waals surface area (Å²) in [5.41, 5.74) is 1.01. The van der Waals surface area contributed by atoms with Crippen LogP contribution in [0, 0.1) is 11.7 Å². The van der Waals surface area contributed by atoms with Gasteiger partial charge in [0, 0.05) is 23.2 Å². The lowest BCUT2D eigenvalue weighted by molar-refractivity contribution is -0.116. The number of nitrogens with zero attached hydrogens (tertiary/aromatic N) is 2. The molecule has 0 atom stereocenters. The lowest BCUT2D eigenvalue weighted by Gasteiger charge is -2.08. The molecule has 1 saturated carbocycles. The molecular weight excluding hydrogens is 329 g/mol. The van der Waals surface area contributed by atoms with Gasteiger partial charge in [-0.2, -0.15) is 5.10 Å². The van der Waals surface area contributed by atoms with Crippen LogP contribution in [0.15, 0.2) is 30.6 Å². The van der Waals surface area contributed by atoms with Crippen LogP contribution in [-0.2, 0) is 11.3 Å². The number of aromatic nitrogens is 2. The van der Waals surface area contributed by atoms with Crippen molar-refractivity contribution in [2.45, 2.75) is 45.1 Å². The molecule has 3 rings (SSSR count). The monoisotopic (exact) mass is 349 g/mol. The van der Waals surface area contributed by atoms with Gasteiger partial charge in [0.2, 0.25) is 5.91 Å². The molecule has 1 fully saturated rings. The number of nitrogens with one attached hydrogen (secondary N) is 1. The first-order valence-corrected chi connectivity index (χ1v) is 8.75. The van der Waals surface area contributed by atoms with Crippen molar-refractivity contribution >= 4 is 23.2 Å². The number of carbonyl (C=O) groups is 1. The van der Waals surface area contributed by atoms with Gasteiger partial charge in [0.25, 0.3) is 0 Å². The molecule has 1 heterocycles. The van der Waals surface area contributed by atoms with E-state index in [0.717, 1.165) is 6.42 Å². The third-order valence-corrected chi connectivity index (χ3v) is 4.91. The van der Waals surface area contributed by atoms with Crippen molar-refractivity contribution in [3.8, 4) is 0 Å². The molecule has 0 radical (unpaired) electrons. The molecule has 0 bridgehead atoms. The van der Waals surface area contributed by atoms with Crippen molar-refractivity contribution in [1.82, 2.24) is 9.78 Å². The molecule has 1 aromatic carbocycles. The second kappa shape index (κ2) is 7.79. The molecule has 0 unspecified atom stereocenters. The topological polar surface area (TPSA) is 46.9 Å². The first-order chi connectivity index (χ1) is 11.6. The quantitative estimate of drug-likeness (QED) is 0.826. The summed E-state index contributed by atoms with van der Waals surface area (Å²) in [6, 6.07) is 4.59. The highest BCUT2D eigenvalue weighted by Gasteiger charge is 2.16. The van der Waals surface area contributed by atoms with Crippen molar-refractivity contribution in [2.75, 3.05) is 5.32 Å². The fourth-order valence-electron chi connectivity index (χ4n) is 3.22. The average molecular weight is 350 g/mol. The molecule has 1 N–H and O–H groups in total. The van der Waals surface area contributed by atoms with Gasteiger partial charge in [0.1, 0.15) is 5.82 Å². The maximum atomic E-state index is 13.8. The zero-order valence-corrected chi connectivity index (χ0v) is 14.2. The Hall–Kier alpha value is -1.88. The van der Waals surface area contributed by atoms with Gasteiger partial charge in [-0.05, 0) is 24.5 Å². The minimum atomic E-state index is -0.361. The van der Waals surface area contributed by atoms with Crippen LogP contribution in [-0.4, -0.2) is 15.7 Å². The minimum absolute atomic E-state index is 0.00498. The number of rotatable bonds is 6. The molecular formula is C18H21ClFN3O. The lowest BCUT2D eigenvalue weighted by Crippen LogP contribution is -2.12. The highest BCUT2D eigenvalue weighted by atomic mass is 35.5. The van der Waals surface area contributed by atoms with Crippen LogP contribution in [0.5, 0.6) is 0 Å². The molecule has 2 aromatic rings. The van der Waals surface area contributed by atoms with Crippen LogP contribution < -0.4 is 5.32 Å². The first-order valence-electron chi connectivity index (χ1n) is 8.37. The minimum Gasteiger partial charge on any atom is -0.323 e. The first kappa shape index (κ1) is 17.0. The van der Waals surface area contributed by atoms with Gasteiger partial charge in [-0.15, -0.1) is 0 Å². The predicted molar refractivity (Wildman–Crippen MR) is 92.6 cm³/mol. The van der Waals surface area contributed by atoms with E-state index in [1.54, 1.807) is 29.2 Å². The number of benzene rings is 1. The predicted octanol–water partition coefficient (Wildman–Crippen LogP) is 4.63. The number of amides is 1. The number of anilines is 1. The molecule has 1 aliphatic rings. The molecule has 1 amide bonds. The SMILES string of the molecule is O=C(CCC1CCCC1)Nc1cnn(Cc2c(F)cccc2Cl)c1. The normalized spacial score (nSPS) is 14.9. The van der Waals surface area contributed by atoms with Crippen molar-refractivity contribution < 1.29 is 9.18 Å². The second-order valence-corrected chi connectivity index (χ2v) is 6.77. The Kier molecular flexibility index (Phi) is 5.51. The number of halogens is 2. The zero-order chi connectivity index (χ0) is 16.9. The van der Waals surface area contributed by atoms with Gasteiger partial charge >= 0.3 is 0 Å². The van der Waals surface area contributed by atoms with Gasteiger partial charge in [-0.3, -0.25) is 9.48 Å². The van der Waals surface area contributed by atoms with E-state index in [0.29, 0.717) is 28.6 Å². The largest absolute Gasteiger partial charge is 0.323 e. The smallest absolute Gasteiger partial charge is 0.224 e. The highest BCUT2D eigenvalue weighted by molar-refractivity contribution is 6.31. The molecule has 0 aliphatic heterocycles. The molecule has 6 heteroatoms. The molecule has 24 heavy (non-hydrogen) atoms. The molecule has 1 aromatic heterocycles. The van der Waals surface area contributed by atoms with Crippen LogP contribution in [0.3, 0.4) is 0 Å². The average Bonchev–Trinajstić information content (AvgIpc) is 3.21. The Balaban J connectivity index is 1.54. The summed E-state index contributed by atoms with van der Waals surface area (Å²) in [4.78, 5) is 12.0. The van der Waals surface area contributed by atoms with Crippen LogP contribution in [0.2, 0.25) is 5.02 Å². The van der Waals surface area contributed by atoms with Crippen molar-refractivity contribution in [3.63, 3.8) is 0 Å². The summed E-state index contributed by atoms with van der Waals surface area (Å²) in [7, 11) is 0. The van der Waals surface area contributed by atoms with E-state index in [-0.39, 0.29) is 18.3 Å². The van der Waals surface area contributed by atoms with E-state index in [2.05, 4.69) is 10.4 Å². The van der Waals surface area contributed by atoms with Crippen LogP contribution in [0.25, 0.3) is 0 Å². The standard InChI is InChI=1S/C18H21ClFN3O/c19-16-6-3-7-17(20)15(16)12-23-11-14(10-21-23)22-18(24)9-8-13-4-1-2-5-13/h3,6-7,10-11,13H,1-2,4-5,8-9,12H2,(H,22,24). The molecule has 1 aliphatic carbocycles. The Labute approximate surface area is 146 Å². The van der Waals surface area contributed by atoms with E-state index < -0.39 is 0 Å². The number of hydrogen-bond donors (Lipinski definition) is 1. The van der Waals surface area contributed by atoms with E-state index in [4.69, 9.17) is 11.6 Å². The molecule has 0 spiro atoms. The Bertz CT molecular complexity index is 690. The van der Waals surface area contributed by atoms with Gasteiger partial charge in [0.05, 0.1) is 18.4 Å². The third-order valence-electron chi connectivity index (χ3n) is 4.55. The van der Waals surface area contributed by atoms with Crippen LogP contribution in [0.1, 0.15) is 44.1 Å². The zero-order valence-electron chi connectivity index (χ0n) is 13.5. The van der Waals surface area contributed by atoms with Crippen molar-refractivity contribution in [2.24, 2.45) is 5.92 Å². The van der Waals surface area contributed by atoms with Gasteiger partial charge in [-0.1, -0.05) is 43.4 Å². The fourth-order valence-corrected chi connectivity index (χ4v) is 3.44. The summed E-state index contributed by atoms with van der Waals surface area (Å²) >= 11 is 6.02. The Morgan fingerprint density at radius 2 is 2.17 bits per heavy atom. The molecule has 4 nitrogen and oxygen atoms in total. The maximum Gasteiger partial charge on any atom is 0.224 e. The van der Waals surface area contributed by atoms with E-state index in [1.807, 2.05) is 0 Å². The van der Waals surface area contributed by atoms with Gasteiger partial charge < -0.3 is 5.32 Å². The summed E-state index contributed by atoms with van der Waals surface area (Å²) in [5, 5.41) is 7.38. The van der Waals surface area contributed by atoms with Gasteiger partial charge in [-0.25, -0.2) is 4.39 Å². The van der Waals surface area contributed by atoms with Crippen LogP contribution in [0.4, 0.5) is 10.1 Å². The highest BCUT2D eigenvalue weighted by Crippen LogP contribution is 2.28. The third kappa shape index (κ3) is 4.35. The second-order valence-electron chi connectivity index (χ2n) is 6.36. The summed E-state index contributed by atoms with van der Waals surface area (Å²) in [5.74, 6) is 0.340.